The molecule has 2 aromatic heterocycles. The van der Waals surface area contributed by atoms with Crippen molar-refractivity contribution in [3.63, 3.8) is 0 Å². The van der Waals surface area contributed by atoms with E-state index in [1.807, 2.05) is 78.9 Å². The topological polar surface area (TPSA) is 105 Å². The minimum absolute atomic E-state index is 0.0843. The van der Waals surface area contributed by atoms with Gasteiger partial charge in [0.15, 0.2) is 11.6 Å². The summed E-state index contributed by atoms with van der Waals surface area (Å²) >= 11 is 0. The van der Waals surface area contributed by atoms with Crippen LogP contribution in [0.15, 0.2) is 83.9 Å². The summed E-state index contributed by atoms with van der Waals surface area (Å²) in [6, 6.07) is 25.3. The summed E-state index contributed by atoms with van der Waals surface area (Å²) in [5, 5.41) is 16.0. The molecule has 0 fully saturated rings. The average Bonchev–Trinajstić information content (AvgIpc) is 3.39. The molecule has 0 aliphatic rings. The van der Waals surface area contributed by atoms with E-state index in [4.69, 9.17) is 15.8 Å². The Labute approximate surface area is 184 Å². The highest BCUT2D eigenvalue weighted by Crippen LogP contribution is 2.37. The molecule has 5 rings (SSSR count). The van der Waals surface area contributed by atoms with E-state index in [0.717, 1.165) is 27.7 Å². The Morgan fingerprint density at radius 1 is 1.03 bits per heavy atom. The molecule has 0 spiro atoms. The fourth-order valence-corrected chi connectivity index (χ4v) is 3.76. The summed E-state index contributed by atoms with van der Waals surface area (Å²) in [5.41, 5.74) is 11.3. The van der Waals surface area contributed by atoms with E-state index >= 15 is 0 Å². The van der Waals surface area contributed by atoms with Crippen LogP contribution in [-0.2, 0) is 6.54 Å². The van der Waals surface area contributed by atoms with Gasteiger partial charge in [-0.15, -0.1) is 0 Å². The number of aromatic nitrogens is 4. The van der Waals surface area contributed by atoms with Crippen LogP contribution in [0, 0.1) is 0 Å². The predicted molar refractivity (Wildman–Crippen MR) is 127 cm³/mol. The third-order valence-corrected chi connectivity index (χ3v) is 5.39. The lowest BCUT2D eigenvalue weighted by atomic mass is 10.1. The number of rotatable bonds is 5. The van der Waals surface area contributed by atoms with Crippen LogP contribution in [0.25, 0.3) is 33.8 Å². The number of imidazole rings is 1. The lowest BCUT2D eigenvalue weighted by Gasteiger charge is -2.05. The van der Waals surface area contributed by atoms with Gasteiger partial charge in [0.25, 0.3) is 0 Å². The SMILES string of the molecule is CN=C(N)c1ccc2nc(-c3c(O)c(-c4ccccc4)nn3Cc3ccccc3)[nH]c2c1. The highest BCUT2D eigenvalue weighted by atomic mass is 16.3. The molecule has 4 N–H and O–H groups in total. The van der Waals surface area contributed by atoms with Crippen LogP contribution in [0.5, 0.6) is 5.75 Å². The number of nitrogens with zero attached hydrogens (tertiary/aromatic N) is 4. The van der Waals surface area contributed by atoms with E-state index in [1.165, 1.54) is 0 Å². The molecule has 0 unspecified atom stereocenters. The molecule has 0 bridgehead atoms. The van der Waals surface area contributed by atoms with Gasteiger partial charge in [0.1, 0.15) is 17.2 Å². The predicted octanol–water partition coefficient (Wildman–Crippen LogP) is 4.18. The number of hydrogen-bond donors (Lipinski definition) is 3. The maximum Gasteiger partial charge on any atom is 0.173 e. The Morgan fingerprint density at radius 2 is 1.75 bits per heavy atom. The number of hydrogen-bond acceptors (Lipinski definition) is 4. The Kier molecular flexibility index (Phi) is 4.91. The lowest BCUT2D eigenvalue weighted by molar-refractivity contribution is 0.478. The normalized spacial score (nSPS) is 11.8. The molecule has 158 valence electrons. The molecular formula is C25H22N6O. The fourth-order valence-electron chi connectivity index (χ4n) is 3.76. The van der Waals surface area contributed by atoms with Crippen molar-refractivity contribution < 1.29 is 5.11 Å². The van der Waals surface area contributed by atoms with Gasteiger partial charge in [-0.2, -0.15) is 5.10 Å². The van der Waals surface area contributed by atoms with E-state index in [-0.39, 0.29) is 5.75 Å². The van der Waals surface area contributed by atoms with Gasteiger partial charge in [-0.1, -0.05) is 60.7 Å². The first-order chi connectivity index (χ1) is 15.6. The lowest BCUT2D eigenvalue weighted by Crippen LogP contribution is -2.12. The van der Waals surface area contributed by atoms with Crippen molar-refractivity contribution in [2.45, 2.75) is 6.54 Å². The van der Waals surface area contributed by atoms with Gasteiger partial charge in [-0.25, -0.2) is 4.98 Å². The molecule has 0 atom stereocenters. The molecule has 32 heavy (non-hydrogen) atoms. The molecule has 2 heterocycles. The first-order valence-electron chi connectivity index (χ1n) is 10.3. The van der Waals surface area contributed by atoms with E-state index < -0.39 is 0 Å². The fraction of sp³-hybridized carbons (Fsp3) is 0.0800. The van der Waals surface area contributed by atoms with E-state index in [1.54, 1.807) is 11.7 Å². The van der Waals surface area contributed by atoms with Gasteiger partial charge < -0.3 is 15.8 Å². The molecule has 5 aromatic rings. The van der Waals surface area contributed by atoms with Crippen LogP contribution in [0.4, 0.5) is 0 Å². The summed E-state index contributed by atoms with van der Waals surface area (Å²) in [7, 11) is 1.66. The minimum atomic E-state index is 0.0843. The second-order valence-electron chi connectivity index (χ2n) is 7.48. The number of aliphatic imine (C=N–C) groups is 1. The molecule has 0 radical (unpaired) electrons. The number of benzene rings is 3. The van der Waals surface area contributed by atoms with Crippen LogP contribution in [0.1, 0.15) is 11.1 Å². The molecule has 3 aromatic carbocycles. The van der Waals surface area contributed by atoms with Crippen LogP contribution in [0.2, 0.25) is 0 Å². The number of H-pyrrole nitrogens is 1. The molecule has 0 aliphatic heterocycles. The highest BCUT2D eigenvalue weighted by Gasteiger charge is 2.23. The van der Waals surface area contributed by atoms with Crippen molar-refractivity contribution in [1.82, 2.24) is 19.7 Å². The first-order valence-corrected chi connectivity index (χ1v) is 10.3. The van der Waals surface area contributed by atoms with E-state index in [0.29, 0.717) is 29.6 Å². The molecule has 0 amide bonds. The number of amidine groups is 1. The third-order valence-electron chi connectivity index (χ3n) is 5.39. The van der Waals surface area contributed by atoms with Crippen LogP contribution >= 0.6 is 0 Å². The quantitative estimate of drug-likeness (QED) is 0.292. The van der Waals surface area contributed by atoms with Gasteiger partial charge in [-0.05, 0) is 23.8 Å². The van der Waals surface area contributed by atoms with Crippen molar-refractivity contribution in [1.29, 1.82) is 0 Å². The maximum atomic E-state index is 11.2. The average molecular weight is 422 g/mol. The second-order valence-corrected chi connectivity index (χ2v) is 7.48. The Morgan fingerprint density at radius 3 is 2.47 bits per heavy atom. The van der Waals surface area contributed by atoms with Crippen molar-refractivity contribution >= 4 is 16.9 Å². The van der Waals surface area contributed by atoms with Gasteiger partial charge in [0, 0.05) is 18.2 Å². The van der Waals surface area contributed by atoms with Crippen molar-refractivity contribution in [3.05, 3.63) is 90.0 Å². The first kappa shape index (κ1) is 19.6. The van der Waals surface area contributed by atoms with Crippen LogP contribution in [0.3, 0.4) is 0 Å². The summed E-state index contributed by atoms with van der Waals surface area (Å²) in [6.07, 6.45) is 0. The third kappa shape index (κ3) is 3.50. The van der Waals surface area contributed by atoms with Gasteiger partial charge >= 0.3 is 0 Å². The van der Waals surface area contributed by atoms with Crippen LogP contribution in [-0.4, -0.2) is 37.7 Å². The summed E-state index contributed by atoms with van der Waals surface area (Å²) in [4.78, 5) is 12.1. The van der Waals surface area contributed by atoms with Gasteiger partial charge in [0.05, 0.1) is 17.6 Å². The highest BCUT2D eigenvalue weighted by molar-refractivity contribution is 6.00. The number of aromatic hydroxyl groups is 1. The summed E-state index contributed by atoms with van der Waals surface area (Å²) in [5.74, 6) is 1.07. The smallest absolute Gasteiger partial charge is 0.173 e. The minimum Gasteiger partial charge on any atom is -0.504 e. The van der Waals surface area contributed by atoms with Gasteiger partial charge in [0.2, 0.25) is 0 Å². The Bertz CT molecular complexity index is 1420. The zero-order valence-electron chi connectivity index (χ0n) is 17.5. The van der Waals surface area contributed by atoms with Crippen LogP contribution < -0.4 is 5.73 Å². The van der Waals surface area contributed by atoms with E-state index in [9.17, 15) is 5.11 Å². The zero-order chi connectivity index (χ0) is 22.1. The Balaban J connectivity index is 1.67. The molecule has 7 heteroatoms. The molecule has 0 aliphatic carbocycles. The summed E-state index contributed by atoms with van der Waals surface area (Å²) < 4.78 is 1.79. The maximum absolute atomic E-state index is 11.2. The van der Waals surface area contributed by atoms with Crippen molar-refractivity contribution in [2.24, 2.45) is 10.7 Å². The number of nitrogens with two attached hydrogens (primary N) is 1. The molecule has 0 saturated carbocycles. The standard InChI is InChI=1S/C25H22N6O/c1-27-24(26)18-12-13-19-20(14-18)29-25(28-19)22-23(32)21(17-10-6-3-7-11-17)30-31(22)15-16-8-4-2-5-9-16/h2-14,32H,15H2,1H3,(H2,26,27)(H,28,29). The molecular weight excluding hydrogens is 400 g/mol. The molecule has 7 nitrogen and oxygen atoms in total. The zero-order valence-corrected chi connectivity index (χ0v) is 17.5. The number of nitrogens with one attached hydrogen (secondary N) is 1. The number of fused-ring (bicyclic) bond motifs is 1. The van der Waals surface area contributed by atoms with Crippen molar-refractivity contribution in [2.75, 3.05) is 7.05 Å². The second kappa shape index (κ2) is 8.03. The van der Waals surface area contributed by atoms with Gasteiger partial charge in [-0.3, -0.25) is 9.67 Å². The van der Waals surface area contributed by atoms with E-state index in [2.05, 4.69) is 9.98 Å². The Hall–Kier alpha value is -4.39. The summed E-state index contributed by atoms with van der Waals surface area (Å²) in [6.45, 7) is 0.494. The van der Waals surface area contributed by atoms with Crippen molar-refractivity contribution in [3.8, 4) is 28.5 Å². The largest absolute Gasteiger partial charge is 0.504 e. The monoisotopic (exact) mass is 422 g/mol. The number of aromatic amines is 1. The molecule has 0 saturated heterocycles.